The molecule has 0 aliphatic rings. The van der Waals surface area contributed by atoms with Gasteiger partial charge in [-0.1, -0.05) is 17.7 Å². The summed E-state index contributed by atoms with van der Waals surface area (Å²) in [4.78, 5) is 3.26. The molecule has 0 saturated carbocycles. The average Bonchev–Trinajstić information content (AvgIpc) is 2.56. The first kappa shape index (κ1) is 10.5. The maximum Gasteiger partial charge on any atom is 0.0502 e. The van der Waals surface area contributed by atoms with Crippen LogP contribution in [0, 0.1) is 6.92 Å². The number of nitrogens with one attached hydrogen (secondary N) is 1. The van der Waals surface area contributed by atoms with E-state index < -0.39 is 0 Å². The Bertz CT molecular complexity index is 486. The Balaban J connectivity index is 2.62. The first-order valence-electron chi connectivity index (χ1n) is 5.10. The number of benzene rings is 1. The SMILES string of the molecule is Cc1ccc(Cl)c2c(CC(C)N)c[nH]c12. The highest BCUT2D eigenvalue weighted by Crippen LogP contribution is 2.29. The summed E-state index contributed by atoms with van der Waals surface area (Å²) in [5.74, 6) is 0. The van der Waals surface area contributed by atoms with Gasteiger partial charge >= 0.3 is 0 Å². The van der Waals surface area contributed by atoms with Gasteiger partial charge in [-0.25, -0.2) is 0 Å². The zero-order valence-corrected chi connectivity index (χ0v) is 9.73. The summed E-state index contributed by atoms with van der Waals surface area (Å²) in [7, 11) is 0. The lowest BCUT2D eigenvalue weighted by molar-refractivity contribution is 0.741. The van der Waals surface area contributed by atoms with Gasteiger partial charge in [0, 0.05) is 17.6 Å². The van der Waals surface area contributed by atoms with E-state index in [1.807, 2.05) is 25.3 Å². The number of hydrogen-bond acceptors (Lipinski definition) is 1. The zero-order chi connectivity index (χ0) is 11.0. The maximum atomic E-state index is 6.20. The fourth-order valence-electron chi connectivity index (χ4n) is 1.92. The first-order chi connectivity index (χ1) is 7.09. The Labute approximate surface area is 94.4 Å². The molecule has 3 heteroatoms. The first-order valence-corrected chi connectivity index (χ1v) is 5.48. The summed E-state index contributed by atoms with van der Waals surface area (Å²) in [5, 5.41) is 1.92. The van der Waals surface area contributed by atoms with E-state index in [2.05, 4.69) is 11.9 Å². The second kappa shape index (κ2) is 3.87. The molecule has 2 nitrogen and oxygen atoms in total. The molecule has 2 aromatic rings. The molecule has 15 heavy (non-hydrogen) atoms. The molecule has 1 heterocycles. The van der Waals surface area contributed by atoms with E-state index in [1.54, 1.807) is 0 Å². The van der Waals surface area contributed by atoms with Crippen LogP contribution in [0.25, 0.3) is 10.9 Å². The monoisotopic (exact) mass is 222 g/mol. The smallest absolute Gasteiger partial charge is 0.0502 e. The van der Waals surface area contributed by atoms with Crippen LogP contribution < -0.4 is 5.73 Å². The Morgan fingerprint density at radius 3 is 2.87 bits per heavy atom. The van der Waals surface area contributed by atoms with Crippen molar-refractivity contribution in [2.45, 2.75) is 26.3 Å². The quantitative estimate of drug-likeness (QED) is 0.806. The van der Waals surface area contributed by atoms with E-state index in [4.69, 9.17) is 17.3 Å². The lowest BCUT2D eigenvalue weighted by Crippen LogP contribution is -2.17. The number of fused-ring (bicyclic) bond motifs is 1. The van der Waals surface area contributed by atoms with Crippen LogP contribution in [0.2, 0.25) is 5.02 Å². The molecular weight excluding hydrogens is 208 g/mol. The van der Waals surface area contributed by atoms with Crippen molar-refractivity contribution in [2.75, 3.05) is 0 Å². The summed E-state index contributed by atoms with van der Waals surface area (Å²) in [6.45, 7) is 4.08. The van der Waals surface area contributed by atoms with E-state index in [9.17, 15) is 0 Å². The fourth-order valence-corrected chi connectivity index (χ4v) is 2.20. The molecule has 0 aliphatic heterocycles. The van der Waals surface area contributed by atoms with Gasteiger partial charge in [-0.15, -0.1) is 0 Å². The van der Waals surface area contributed by atoms with Gasteiger partial charge in [0.2, 0.25) is 0 Å². The minimum absolute atomic E-state index is 0.153. The van der Waals surface area contributed by atoms with Crippen LogP contribution in [0.1, 0.15) is 18.1 Å². The largest absolute Gasteiger partial charge is 0.361 e. The van der Waals surface area contributed by atoms with Crippen LogP contribution in [0.5, 0.6) is 0 Å². The van der Waals surface area contributed by atoms with E-state index in [0.717, 1.165) is 22.3 Å². The van der Waals surface area contributed by atoms with Crippen molar-refractivity contribution in [2.24, 2.45) is 5.73 Å². The minimum atomic E-state index is 0.153. The molecule has 0 fully saturated rings. The molecule has 1 aromatic carbocycles. The van der Waals surface area contributed by atoms with Crippen LogP contribution >= 0.6 is 11.6 Å². The molecule has 1 aromatic heterocycles. The van der Waals surface area contributed by atoms with Gasteiger partial charge in [0.1, 0.15) is 0 Å². The predicted octanol–water partition coefficient (Wildman–Crippen LogP) is 3.02. The van der Waals surface area contributed by atoms with E-state index >= 15 is 0 Å². The molecule has 80 valence electrons. The molecule has 1 unspecified atom stereocenters. The van der Waals surface area contributed by atoms with E-state index in [-0.39, 0.29) is 6.04 Å². The van der Waals surface area contributed by atoms with Crippen molar-refractivity contribution in [3.8, 4) is 0 Å². The van der Waals surface area contributed by atoms with Gasteiger partial charge in [-0.05, 0) is 37.5 Å². The van der Waals surface area contributed by atoms with E-state index in [0.29, 0.717) is 0 Å². The number of nitrogens with two attached hydrogens (primary N) is 1. The molecule has 1 atom stereocenters. The Morgan fingerprint density at radius 2 is 2.20 bits per heavy atom. The summed E-state index contributed by atoms with van der Waals surface area (Å²) in [6.07, 6.45) is 2.86. The minimum Gasteiger partial charge on any atom is -0.361 e. The third-order valence-electron chi connectivity index (χ3n) is 2.62. The van der Waals surface area contributed by atoms with Crippen LogP contribution in [0.15, 0.2) is 18.3 Å². The summed E-state index contributed by atoms with van der Waals surface area (Å²) in [6, 6.07) is 4.12. The van der Waals surface area contributed by atoms with Crippen molar-refractivity contribution in [3.63, 3.8) is 0 Å². The van der Waals surface area contributed by atoms with Crippen LogP contribution in [0.4, 0.5) is 0 Å². The molecule has 2 rings (SSSR count). The van der Waals surface area contributed by atoms with Gasteiger partial charge in [0.25, 0.3) is 0 Å². The molecule has 0 aliphatic carbocycles. The molecule has 0 amide bonds. The highest BCUT2D eigenvalue weighted by molar-refractivity contribution is 6.35. The summed E-state index contributed by atoms with van der Waals surface area (Å²) >= 11 is 6.20. The Kier molecular flexibility index (Phi) is 2.72. The number of halogens is 1. The highest BCUT2D eigenvalue weighted by Gasteiger charge is 2.10. The van der Waals surface area contributed by atoms with Gasteiger partial charge in [-0.2, -0.15) is 0 Å². The lowest BCUT2D eigenvalue weighted by atomic mass is 10.0. The number of H-pyrrole nitrogens is 1. The zero-order valence-electron chi connectivity index (χ0n) is 8.97. The maximum absolute atomic E-state index is 6.20. The fraction of sp³-hybridized carbons (Fsp3) is 0.333. The second-order valence-electron chi connectivity index (χ2n) is 4.11. The second-order valence-corrected chi connectivity index (χ2v) is 4.52. The van der Waals surface area contributed by atoms with Crippen molar-refractivity contribution in [3.05, 3.63) is 34.5 Å². The molecular formula is C12H15ClN2. The molecule has 0 radical (unpaired) electrons. The van der Waals surface area contributed by atoms with Gasteiger partial charge in [-0.3, -0.25) is 0 Å². The van der Waals surface area contributed by atoms with Crippen molar-refractivity contribution >= 4 is 22.5 Å². The lowest BCUT2D eigenvalue weighted by Gasteiger charge is -2.05. The third kappa shape index (κ3) is 1.87. The molecule has 0 bridgehead atoms. The van der Waals surface area contributed by atoms with E-state index in [1.165, 1.54) is 11.1 Å². The van der Waals surface area contributed by atoms with Crippen LogP contribution in [-0.2, 0) is 6.42 Å². The number of rotatable bonds is 2. The van der Waals surface area contributed by atoms with Crippen molar-refractivity contribution in [1.82, 2.24) is 4.98 Å². The number of aryl methyl sites for hydroxylation is 1. The average molecular weight is 223 g/mol. The van der Waals surface area contributed by atoms with Crippen LogP contribution in [0.3, 0.4) is 0 Å². The number of aromatic nitrogens is 1. The number of hydrogen-bond donors (Lipinski definition) is 2. The molecule has 0 spiro atoms. The predicted molar refractivity (Wildman–Crippen MR) is 65.4 cm³/mol. The summed E-state index contributed by atoms with van der Waals surface area (Å²) < 4.78 is 0. The summed E-state index contributed by atoms with van der Waals surface area (Å²) in [5.41, 5.74) is 9.34. The van der Waals surface area contributed by atoms with Gasteiger partial charge < -0.3 is 10.7 Å². The standard InChI is InChI=1S/C12H15ClN2/c1-7-3-4-10(13)11-9(5-8(2)14)6-15-12(7)11/h3-4,6,8,15H,5,14H2,1-2H3. The Morgan fingerprint density at radius 1 is 1.47 bits per heavy atom. The molecule has 3 N–H and O–H groups in total. The van der Waals surface area contributed by atoms with Crippen molar-refractivity contribution in [1.29, 1.82) is 0 Å². The highest BCUT2D eigenvalue weighted by atomic mass is 35.5. The van der Waals surface area contributed by atoms with Gasteiger partial charge in [0.15, 0.2) is 0 Å². The molecule has 0 saturated heterocycles. The van der Waals surface area contributed by atoms with Crippen LogP contribution in [-0.4, -0.2) is 11.0 Å². The normalized spacial score (nSPS) is 13.3. The topological polar surface area (TPSA) is 41.8 Å². The van der Waals surface area contributed by atoms with Crippen molar-refractivity contribution < 1.29 is 0 Å². The van der Waals surface area contributed by atoms with Gasteiger partial charge in [0.05, 0.1) is 10.5 Å². The number of aromatic amines is 1. The third-order valence-corrected chi connectivity index (χ3v) is 2.93. The Hall–Kier alpha value is -0.990.